The number of nitrogens with zero attached hydrogens (tertiary/aromatic N) is 1. The van der Waals surface area contributed by atoms with E-state index in [-0.39, 0.29) is 0 Å². The van der Waals surface area contributed by atoms with Crippen LogP contribution in [0.25, 0.3) is 0 Å². The molecule has 1 rings (SSSR count). The number of ether oxygens (including phenoxy) is 2. The largest absolute Gasteiger partial charge is 0.383 e. The molecule has 0 aliphatic carbocycles. The predicted octanol–water partition coefficient (Wildman–Crippen LogP) is 2.93. The number of rotatable bonds is 8. The smallest absolute Gasteiger partial charge is 0.0615 e. The Morgan fingerprint density at radius 1 is 1.28 bits per heavy atom. The fourth-order valence-corrected chi connectivity index (χ4v) is 2.33. The maximum absolute atomic E-state index is 5.23. The summed E-state index contributed by atoms with van der Waals surface area (Å²) in [5.41, 5.74) is 1.29. The van der Waals surface area contributed by atoms with Gasteiger partial charge in [-0.1, -0.05) is 28.1 Å². The van der Waals surface area contributed by atoms with Crippen LogP contribution in [-0.4, -0.2) is 44.9 Å². The van der Waals surface area contributed by atoms with Gasteiger partial charge in [0.15, 0.2) is 0 Å². The molecule has 1 aromatic carbocycles. The third kappa shape index (κ3) is 5.48. The highest BCUT2D eigenvalue weighted by molar-refractivity contribution is 9.10. The van der Waals surface area contributed by atoms with Crippen molar-refractivity contribution in [1.82, 2.24) is 4.90 Å². The van der Waals surface area contributed by atoms with Gasteiger partial charge in [-0.15, -0.1) is 0 Å². The molecular weight excluding hydrogens is 294 g/mol. The van der Waals surface area contributed by atoms with Crippen LogP contribution in [0.1, 0.15) is 12.5 Å². The molecule has 18 heavy (non-hydrogen) atoms. The van der Waals surface area contributed by atoms with E-state index in [2.05, 4.69) is 46.0 Å². The van der Waals surface area contributed by atoms with Gasteiger partial charge in [0.25, 0.3) is 0 Å². The maximum Gasteiger partial charge on any atom is 0.0615 e. The first kappa shape index (κ1) is 15.6. The Morgan fingerprint density at radius 3 is 2.67 bits per heavy atom. The van der Waals surface area contributed by atoms with Crippen molar-refractivity contribution in [2.24, 2.45) is 0 Å². The van der Waals surface area contributed by atoms with Crippen LogP contribution in [0, 0.1) is 0 Å². The van der Waals surface area contributed by atoms with Gasteiger partial charge in [-0.25, -0.2) is 0 Å². The van der Waals surface area contributed by atoms with E-state index in [9.17, 15) is 0 Å². The van der Waals surface area contributed by atoms with E-state index in [1.165, 1.54) is 5.56 Å². The molecule has 0 N–H and O–H groups in total. The molecule has 0 spiro atoms. The average Bonchev–Trinajstić information content (AvgIpc) is 2.34. The fraction of sp³-hybridized carbons (Fsp3) is 0.571. The third-order valence-corrected chi connectivity index (χ3v) is 3.38. The topological polar surface area (TPSA) is 21.7 Å². The molecule has 1 aromatic rings. The molecule has 0 bridgehead atoms. The van der Waals surface area contributed by atoms with Gasteiger partial charge in [0.1, 0.15) is 0 Å². The summed E-state index contributed by atoms with van der Waals surface area (Å²) in [5.74, 6) is 0. The zero-order valence-corrected chi connectivity index (χ0v) is 12.9. The molecular formula is C14H22BrNO2. The average molecular weight is 316 g/mol. The monoisotopic (exact) mass is 315 g/mol. The molecule has 1 unspecified atom stereocenters. The van der Waals surface area contributed by atoms with Gasteiger partial charge in [0.2, 0.25) is 0 Å². The Morgan fingerprint density at radius 2 is 2.06 bits per heavy atom. The highest BCUT2D eigenvalue weighted by Gasteiger charge is 2.13. The Bertz CT molecular complexity index is 346. The molecule has 0 saturated carbocycles. The third-order valence-electron chi connectivity index (χ3n) is 2.89. The second kappa shape index (κ2) is 8.64. The van der Waals surface area contributed by atoms with Gasteiger partial charge in [0.05, 0.1) is 13.2 Å². The SMILES string of the molecule is COCCN(Cc1cccc(Br)c1)C(C)COC. The van der Waals surface area contributed by atoms with Crippen LogP contribution in [0.4, 0.5) is 0 Å². The Labute approximate surface area is 118 Å². The lowest BCUT2D eigenvalue weighted by atomic mass is 10.2. The van der Waals surface area contributed by atoms with Crippen LogP contribution >= 0.6 is 15.9 Å². The normalized spacial score (nSPS) is 12.9. The summed E-state index contributed by atoms with van der Waals surface area (Å²) in [5, 5.41) is 0. The molecule has 0 aromatic heterocycles. The molecule has 0 radical (unpaired) electrons. The minimum atomic E-state index is 0.379. The summed E-state index contributed by atoms with van der Waals surface area (Å²) in [4.78, 5) is 2.37. The first-order chi connectivity index (χ1) is 8.67. The summed E-state index contributed by atoms with van der Waals surface area (Å²) in [6.45, 7) is 5.47. The highest BCUT2D eigenvalue weighted by Crippen LogP contribution is 2.14. The summed E-state index contributed by atoms with van der Waals surface area (Å²) >= 11 is 3.50. The van der Waals surface area contributed by atoms with Gasteiger partial charge in [-0.05, 0) is 24.6 Å². The van der Waals surface area contributed by atoms with Gasteiger partial charge in [-0.2, -0.15) is 0 Å². The van der Waals surface area contributed by atoms with Crippen LogP contribution in [-0.2, 0) is 16.0 Å². The Balaban J connectivity index is 2.64. The second-order valence-corrected chi connectivity index (χ2v) is 5.31. The molecule has 0 heterocycles. The summed E-state index contributed by atoms with van der Waals surface area (Å²) < 4.78 is 11.5. The highest BCUT2D eigenvalue weighted by atomic mass is 79.9. The number of hydrogen-bond donors (Lipinski definition) is 0. The van der Waals surface area contributed by atoms with E-state index in [0.717, 1.165) is 30.8 Å². The van der Waals surface area contributed by atoms with Gasteiger partial charge < -0.3 is 9.47 Å². The molecule has 0 saturated heterocycles. The van der Waals surface area contributed by atoms with Crippen LogP contribution in [0.3, 0.4) is 0 Å². The van der Waals surface area contributed by atoms with Gasteiger partial charge in [0, 0.05) is 37.8 Å². The van der Waals surface area contributed by atoms with Crippen molar-refractivity contribution < 1.29 is 9.47 Å². The van der Waals surface area contributed by atoms with E-state index >= 15 is 0 Å². The van der Waals surface area contributed by atoms with Crippen molar-refractivity contribution in [3.8, 4) is 0 Å². The van der Waals surface area contributed by atoms with E-state index in [1.54, 1.807) is 14.2 Å². The minimum Gasteiger partial charge on any atom is -0.383 e. The lowest BCUT2D eigenvalue weighted by molar-refractivity contribution is 0.0705. The molecule has 1 atom stereocenters. The van der Waals surface area contributed by atoms with Gasteiger partial charge in [-0.3, -0.25) is 4.90 Å². The summed E-state index contributed by atoms with van der Waals surface area (Å²) in [6, 6.07) is 8.78. The first-order valence-corrected chi connectivity index (χ1v) is 6.93. The number of benzene rings is 1. The standard InChI is InChI=1S/C14H22BrNO2/c1-12(11-18-3)16(7-8-17-2)10-13-5-4-6-14(15)9-13/h4-6,9,12H,7-8,10-11H2,1-3H3. The van der Waals surface area contributed by atoms with Crippen LogP contribution in [0.15, 0.2) is 28.7 Å². The summed E-state index contributed by atoms with van der Waals surface area (Å²) in [6.07, 6.45) is 0. The molecule has 0 aliphatic heterocycles. The van der Waals surface area contributed by atoms with Crippen molar-refractivity contribution in [2.75, 3.05) is 34.0 Å². The molecule has 102 valence electrons. The molecule has 0 fully saturated rings. The van der Waals surface area contributed by atoms with Crippen molar-refractivity contribution in [1.29, 1.82) is 0 Å². The summed E-state index contributed by atoms with van der Waals surface area (Å²) in [7, 11) is 3.47. The maximum atomic E-state index is 5.23. The fourth-order valence-electron chi connectivity index (χ4n) is 1.88. The number of halogens is 1. The zero-order chi connectivity index (χ0) is 13.4. The number of hydrogen-bond acceptors (Lipinski definition) is 3. The van der Waals surface area contributed by atoms with Crippen molar-refractivity contribution in [3.05, 3.63) is 34.3 Å². The van der Waals surface area contributed by atoms with E-state index in [4.69, 9.17) is 9.47 Å². The van der Waals surface area contributed by atoms with Crippen LogP contribution < -0.4 is 0 Å². The Kier molecular flexibility index (Phi) is 7.51. The van der Waals surface area contributed by atoms with Crippen molar-refractivity contribution in [3.63, 3.8) is 0 Å². The molecule has 0 amide bonds. The lowest BCUT2D eigenvalue weighted by Crippen LogP contribution is -2.38. The van der Waals surface area contributed by atoms with Crippen molar-refractivity contribution in [2.45, 2.75) is 19.5 Å². The molecule has 3 nitrogen and oxygen atoms in total. The van der Waals surface area contributed by atoms with Crippen LogP contribution in [0.2, 0.25) is 0 Å². The zero-order valence-electron chi connectivity index (χ0n) is 11.4. The lowest BCUT2D eigenvalue weighted by Gasteiger charge is -2.28. The van der Waals surface area contributed by atoms with E-state index < -0.39 is 0 Å². The molecule has 4 heteroatoms. The first-order valence-electron chi connectivity index (χ1n) is 6.13. The van der Waals surface area contributed by atoms with E-state index in [1.807, 2.05) is 6.07 Å². The minimum absolute atomic E-state index is 0.379. The van der Waals surface area contributed by atoms with Gasteiger partial charge >= 0.3 is 0 Å². The predicted molar refractivity (Wildman–Crippen MR) is 77.8 cm³/mol. The number of methoxy groups -OCH3 is 2. The van der Waals surface area contributed by atoms with E-state index in [0.29, 0.717) is 6.04 Å². The quantitative estimate of drug-likeness (QED) is 0.736. The Hall–Kier alpha value is -0.420. The van der Waals surface area contributed by atoms with Crippen molar-refractivity contribution >= 4 is 15.9 Å². The molecule has 0 aliphatic rings. The second-order valence-electron chi connectivity index (χ2n) is 4.40. The van der Waals surface area contributed by atoms with Crippen LogP contribution in [0.5, 0.6) is 0 Å².